The Hall–Kier alpha value is -2.09. The first-order valence-corrected chi connectivity index (χ1v) is 10.3. The minimum atomic E-state index is -0.419. The molecule has 1 atom stereocenters. The number of rotatable bonds is 10. The van der Waals surface area contributed by atoms with Gasteiger partial charge in [-0.2, -0.15) is 9.97 Å². The van der Waals surface area contributed by atoms with Crippen LogP contribution in [-0.2, 0) is 4.79 Å². The highest BCUT2D eigenvalue weighted by Gasteiger charge is 2.32. The molecule has 0 radical (unpaired) electrons. The minimum absolute atomic E-state index is 0.390. The van der Waals surface area contributed by atoms with Crippen LogP contribution >= 0.6 is 0 Å². The maximum absolute atomic E-state index is 11.6. The minimum Gasteiger partial charge on any atom is -0.382 e. The molecule has 2 aliphatic rings. The maximum Gasteiger partial charge on any atom is 0.226 e. The zero-order valence-corrected chi connectivity index (χ0v) is 16.4. The molecule has 8 nitrogen and oxygen atoms in total. The molecule has 0 saturated carbocycles. The summed E-state index contributed by atoms with van der Waals surface area (Å²) in [6.07, 6.45) is 8.80. The van der Waals surface area contributed by atoms with E-state index in [-0.39, 0.29) is 0 Å². The number of unbranched alkanes of at least 4 members (excludes halogenated alkanes) is 2. The van der Waals surface area contributed by atoms with Crippen LogP contribution in [0.4, 0.5) is 23.3 Å². The molecule has 3 rings (SSSR count). The van der Waals surface area contributed by atoms with Crippen LogP contribution in [0.3, 0.4) is 0 Å². The largest absolute Gasteiger partial charge is 0.382 e. The first kappa shape index (κ1) is 19.7. The third-order valence-electron chi connectivity index (χ3n) is 5.33. The molecule has 0 aliphatic carbocycles. The van der Waals surface area contributed by atoms with Crippen molar-refractivity contribution in [3.05, 3.63) is 0 Å². The standard InChI is InChI=1S/C19H33N7O/c1-2-3-9-21-19-23-17(20)16-18(24-19)26(15(14-27)22-16)13-8-7-12-25-10-5-4-6-11-25/h14-15,22H,2-13H2,1H3,(H3,20,21,23,24). The number of hydrogen-bond donors (Lipinski definition) is 3. The molecule has 2 aliphatic heterocycles. The Morgan fingerprint density at radius 1 is 1.19 bits per heavy atom. The van der Waals surface area contributed by atoms with Gasteiger partial charge in [0.25, 0.3) is 0 Å². The summed E-state index contributed by atoms with van der Waals surface area (Å²) in [5.41, 5.74) is 6.78. The normalized spacial score (nSPS) is 19.6. The van der Waals surface area contributed by atoms with Gasteiger partial charge in [0, 0.05) is 13.1 Å². The summed E-state index contributed by atoms with van der Waals surface area (Å²) in [5, 5.41) is 6.39. The molecule has 27 heavy (non-hydrogen) atoms. The highest BCUT2D eigenvalue weighted by Crippen LogP contribution is 2.37. The zero-order valence-electron chi connectivity index (χ0n) is 16.4. The lowest BCUT2D eigenvalue weighted by Crippen LogP contribution is -2.38. The van der Waals surface area contributed by atoms with E-state index in [2.05, 4.69) is 32.4 Å². The summed E-state index contributed by atoms with van der Waals surface area (Å²) in [7, 11) is 0. The average Bonchev–Trinajstić information content (AvgIpc) is 3.04. The van der Waals surface area contributed by atoms with Gasteiger partial charge in [-0.3, -0.25) is 4.79 Å². The van der Waals surface area contributed by atoms with E-state index in [9.17, 15) is 4.79 Å². The molecule has 1 fully saturated rings. The Morgan fingerprint density at radius 3 is 2.70 bits per heavy atom. The van der Waals surface area contributed by atoms with Crippen molar-refractivity contribution in [2.24, 2.45) is 0 Å². The smallest absolute Gasteiger partial charge is 0.226 e. The predicted octanol–water partition coefficient (Wildman–Crippen LogP) is 2.29. The lowest BCUT2D eigenvalue weighted by molar-refractivity contribution is -0.108. The summed E-state index contributed by atoms with van der Waals surface area (Å²) in [4.78, 5) is 25.1. The average molecular weight is 376 g/mol. The van der Waals surface area contributed by atoms with Crippen LogP contribution in [0.5, 0.6) is 0 Å². The first-order chi connectivity index (χ1) is 13.2. The molecule has 1 saturated heterocycles. The molecule has 1 aromatic heterocycles. The van der Waals surface area contributed by atoms with E-state index in [4.69, 9.17) is 5.73 Å². The molecule has 4 N–H and O–H groups in total. The van der Waals surface area contributed by atoms with Crippen molar-refractivity contribution in [2.75, 3.05) is 54.0 Å². The van der Waals surface area contributed by atoms with Crippen molar-refractivity contribution >= 4 is 29.6 Å². The van der Waals surface area contributed by atoms with Gasteiger partial charge in [-0.25, -0.2) is 0 Å². The number of anilines is 4. The van der Waals surface area contributed by atoms with Crippen molar-refractivity contribution in [2.45, 2.75) is 58.0 Å². The van der Waals surface area contributed by atoms with Crippen LogP contribution in [0.15, 0.2) is 0 Å². The Bertz CT molecular complexity index is 618. The summed E-state index contributed by atoms with van der Waals surface area (Å²) in [6.45, 7) is 7.32. The van der Waals surface area contributed by atoms with Gasteiger partial charge >= 0.3 is 0 Å². The Morgan fingerprint density at radius 2 is 1.96 bits per heavy atom. The lowest BCUT2D eigenvalue weighted by Gasteiger charge is -2.27. The van der Waals surface area contributed by atoms with E-state index < -0.39 is 6.17 Å². The molecular formula is C19H33N7O. The molecule has 0 aromatic carbocycles. The summed E-state index contributed by atoms with van der Waals surface area (Å²) in [5.74, 6) is 1.66. The molecule has 1 aromatic rings. The highest BCUT2D eigenvalue weighted by molar-refractivity contribution is 5.88. The van der Waals surface area contributed by atoms with Gasteiger partial charge in [-0.1, -0.05) is 19.8 Å². The number of aromatic nitrogens is 2. The maximum atomic E-state index is 11.6. The molecule has 150 valence electrons. The van der Waals surface area contributed by atoms with Gasteiger partial charge in [0.15, 0.2) is 24.1 Å². The van der Waals surface area contributed by atoms with Crippen molar-refractivity contribution < 1.29 is 4.79 Å². The molecule has 3 heterocycles. The molecule has 1 unspecified atom stereocenters. The topological polar surface area (TPSA) is 99.4 Å². The molecular weight excluding hydrogens is 342 g/mol. The van der Waals surface area contributed by atoms with E-state index in [0.29, 0.717) is 17.5 Å². The predicted molar refractivity (Wildman–Crippen MR) is 110 cm³/mol. The Labute approximate surface area is 161 Å². The van der Waals surface area contributed by atoms with Crippen LogP contribution in [0.1, 0.15) is 51.9 Å². The van der Waals surface area contributed by atoms with Crippen molar-refractivity contribution in [3.8, 4) is 0 Å². The summed E-state index contributed by atoms with van der Waals surface area (Å²) < 4.78 is 0. The van der Waals surface area contributed by atoms with E-state index in [1.165, 1.54) is 32.4 Å². The summed E-state index contributed by atoms with van der Waals surface area (Å²) >= 11 is 0. The monoisotopic (exact) mass is 375 g/mol. The quantitative estimate of drug-likeness (QED) is 0.423. The van der Waals surface area contributed by atoms with Crippen molar-refractivity contribution in [1.82, 2.24) is 14.9 Å². The fourth-order valence-corrected chi connectivity index (χ4v) is 3.78. The molecule has 0 spiro atoms. The number of nitrogen functional groups attached to an aromatic ring is 1. The zero-order chi connectivity index (χ0) is 19.1. The van der Waals surface area contributed by atoms with Crippen LogP contribution in [0.2, 0.25) is 0 Å². The molecule has 0 bridgehead atoms. The van der Waals surface area contributed by atoms with E-state index in [0.717, 1.165) is 57.4 Å². The Balaban J connectivity index is 1.59. The third-order valence-corrected chi connectivity index (χ3v) is 5.33. The van der Waals surface area contributed by atoms with Crippen LogP contribution in [0.25, 0.3) is 0 Å². The molecule has 0 amide bonds. The molecule has 8 heteroatoms. The van der Waals surface area contributed by atoms with Crippen LogP contribution < -0.4 is 21.3 Å². The second-order valence-electron chi connectivity index (χ2n) is 7.44. The van der Waals surface area contributed by atoms with Crippen LogP contribution in [-0.4, -0.2) is 60.0 Å². The number of nitrogens with two attached hydrogens (primary N) is 1. The number of nitrogens with zero attached hydrogens (tertiary/aromatic N) is 4. The Kier molecular flexibility index (Phi) is 7.09. The number of likely N-dealkylation sites (tertiary alicyclic amines) is 1. The van der Waals surface area contributed by atoms with Crippen molar-refractivity contribution in [3.63, 3.8) is 0 Å². The van der Waals surface area contributed by atoms with Crippen LogP contribution in [0, 0.1) is 0 Å². The fourth-order valence-electron chi connectivity index (χ4n) is 3.78. The van der Waals surface area contributed by atoms with Crippen molar-refractivity contribution in [1.29, 1.82) is 0 Å². The number of aldehydes is 1. The van der Waals surface area contributed by atoms with Gasteiger partial charge in [0.1, 0.15) is 5.69 Å². The number of carbonyl (C=O) groups excluding carboxylic acids is 1. The first-order valence-electron chi connectivity index (χ1n) is 10.3. The summed E-state index contributed by atoms with van der Waals surface area (Å²) in [6, 6.07) is 0. The number of hydrogen-bond acceptors (Lipinski definition) is 8. The SMILES string of the molecule is CCCCNc1nc(N)c2c(n1)N(CCCCN1CCCCC1)C(C=O)N2. The van der Waals surface area contributed by atoms with Gasteiger partial charge in [0.05, 0.1) is 0 Å². The van der Waals surface area contributed by atoms with Gasteiger partial charge in [0.2, 0.25) is 5.95 Å². The van der Waals surface area contributed by atoms with Gasteiger partial charge in [-0.15, -0.1) is 0 Å². The number of carbonyl (C=O) groups is 1. The second-order valence-corrected chi connectivity index (χ2v) is 7.44. The van der Waals surface area contributed by atoms with E-state index >= 15 is 0 Å². The number of fused-ring (bicyclic) bond motifs is 1. The number of piperidine rings is 1. The highest BCUT2D eigenvalue weighted by atomic mass is 16.1. The third kappa shape index (κ3) is 5.00. The van der Waals surface area contributed by atoms with Gasteiger partial charge < -0.3 is 26.2 Å². The number of nitrogens with one attached hydrogen (secondary N) is 2. The fraction of sp³-hybridized carbons (Fsp3) is 0.737. The van der Waals surface area contributed by atoms with E-state index in [1.807, 2.05) is 4.90 Å². The second kappa shape index (κ2) is 9.73. The van der Waals surface area contributed by atoms with E-state index in [1.54, 1.807) is 0 Å². The van der Waals surface area contributed by atoms with Gasteiger partial charge in [-0.05, 0) is 51.7 Å². The lowest BCUT2D eigenvalue weighted by atomic mass is 10.1.